The average molecular weight is 264 g/mol. The van der Waals surface area contributed by atoms with Gasteiger partial charge in [0.15, 0.2) is 0 Å². The van der Waals surface area contributed by atoms with Gasteiger partial charge in [-0.1, -0.05) is 19.1 Å². The van der Waals surface area contributed by atoms with Crippen LogP contribution in [0, 0.1) is 5.92 Å². The van der Waals surface area contributed by atoms with Crippen molar-refractivity contribution in [3.8, 4) is 0 Å². The summed E-state index contributed by atoms with van der Waals surface area (Å²) < 4.78 is 0. The van der Waals surface area contributed by atoms with Crippen molar-refractivity contribution in [1.82, 2.24) is 9.88 Å². The molecule has 2 rings (SSSR count). The maximum atomic E-state index is 5.57. The SMILES string of the molecule is CCN1CCC(CNc2ccnc(C(N)=S)c2)C1. The standard InChI is InChI=1S/C13H20N4S/c1-2-17-6-4-10(9-17)8-16-11-3-5-15-12(7-11)13(14)18/h3,5,7,10H,2,4,6,8-9H2,1H3,(H2,14,18)(H,15,16). The number of aromatic nitrogens is 1. The zero-order chi connectivity index (χ0) is 13.0. The second-order valence-corrected chi connectivity index (χ2v) is 5.16. The van der Waals surface area contributed by atoms with Crippen molar-refractivity contribution >= 4 is 22.9 Å². The quantitative estimate of drug-likeness (QED) is 0.789. The van der Waals surface area contributed by atoms with Gasteiger partial charge in [0.05, 0.1) is 5.69 Å². The third-order valence-corrected chi connectivity index (χ3v) is 3.63. The van der Waals surface area contributed by atoms with Crippen molar-refractivity contribution in [1.29, 1.82) is 0 Å². The molecule has 1 aromatic rings. The van der Waals surface area contributed by atoms with E-state index >= 15 is 0 Å². The van der Waals surface area contributed by atoms with Gasteiger partial charge in [-0.05, 0) is 37.6 Å². The minimum Gasteiger partial charge on any atom is -0.388 e. The summed E-state index contributed by atoms with van der Waals surface area (Å²) in [5.74, 6) is 0.728. The molecule has 4 nitrogen and oxygen atoms in total. The van der Waals surface area contributed by atoms with Crippen LogP contribution in [0.2, 0.25) is 0 Å². The Morgan fingerprint density at radius 1 is 1.67 bits per heavy atom. The first kappa shape index (κ1) is 13.2. The number of nitrogens with two attached hydrogens (primary N) is 1. The lowest BCUT2D eigenvalue weighted by Gasteiger charge is -2.14. The molecule has 2 heterocycles. The van der Waals surface area contributed by atoms with E-state index in [1.54, 1.807) is 6.20 Å². The molecule has 0 spiro atoms. The van der Waals surface area contributed by atoms with Crippen molar-refractivity contribution < 1.29 is 0 Å². The summed E-state index contributed by atoms with van der Waals surface area (Å²) in [6, 6.07) is 3.86. The van der Waals surface area contributed by atoms with Gasteiger partial charge in [-0.3, -0.25) is 4.98 Å². The maximum absolute atomic E-state index is 5.57. The Morgan fingerprint density at radius 3 is 3.17 bits per heavy atom. The molecule has 1 saturated heterocycles. The van der Waals surface area contributed by atoms with Gasteiger partial charge in [0.1, 0.15) is 4.99 Å². The number of nitrogens with zero attached hydrogens (tertiary/aromatic N) is 2. The summed E-state index contributed by atoms with van der Waals surface area (Å²) >= 11 is 4.93. The van der Waals surface area contributed by atoms with Gasteiger partial charge in [-0.2, -0.15) is 0 Å². The van der Waals surface area contributed by atoms with Crippen molar-refractivity contribution in [3.05, 3.63) is 24.0 Å². The minimum absolute atomic E-state index is 0.344. The average Bonchev–Trinajstić information content (AvgIpc) is 2.84. The molecule has 1 fully saturated rings. The van der Waals surface area contributed by atoms with Crippen LogP contribution in [-0.2, 0) is 0 Å². The molecule has 98 valence electrons. The molecule has 0 bridgehead atoms. The Kier molecular flexibility index (Phi) is 4.49. The predicted molar refractivity (Wildman–Crippen MR) is 78.8 cm³/mol. The number of anilines is 1. The fourth-order valence-corrected chi connectivity index (χ4v) is 2.42. The molecular weight excluding hydrogens is 244 g/mol. The van der Waals surface area contributed by atoms with E-state index in [9.17, 15) is 0 Å². The summed E-state index contributed by atoms with van der Waals surface area (Å²) in [6.07, 6.45) is 3.01. The highest BCUT2D eigenvalue weighted by Gasteiger charge is 2.20. The monoisotopic (exact) mass is 264 g/mol. The number of hydrogen-bond donors (Lipinski definition) is 2. The topological polar surface area (TPSA) is 54.2 Å². The summed E-state index contributed by atoms with van der Waals surface area (Å²) in [6.45, 7) is 6.77. The molecule has 1 unspecified atom stereocenters. The number of rotatable bonds is 5. The van der Waals surface area contributed by atoms with Crippen LogP contribution in [0.3, 0.4) is 0 Å². The molecule has 3 N–H and O–H groups in total. The largest absolute Gasteiger partial charge is 0.388 e. The first-order chi connectivity index (χ1) is 8.69. The van der Waals surface area contributed by atoms with E-state index in [1.165, 1.54) is 19.5 Å². The van der Waals surface area contributed by atoms with Gasteiger partial charge in [-0.15, -0.1) is 0 Å². The van der Waals surface area contributed by atoms with E-state index in [0.717, 1.165) is 24.7 Å². The van der Waals surface area contributed by atoms with Crippen molar-refractivity contribution in [2.45, 2.75) is 13.3 Å². The van der Waals surface area contributed by atoms with Gasteiger partial charge in [0.25, 0.3) is 0 Å². The predicted octanol–water partition coefficient (Wildman–Crippen LogP) is 1.47. The highest BCUT2D eigenvalue weighted by atomic mass is 32.1. The molecule has 0 amide bonds. The first-order valence-corrected chi connectivity index (χ1v) is 6.82. The third-order valence-electron chi connectivity index (χ3n) is 3.42. The lowest BCUT2D eigenvalue weighted by atomic mass is 10.1. The highest BCUT2D eigenvalue weighted by molar-refractivity contribution is 7.80. The fourth-order valence-electron chi connectivity index (χ4n) is 2.30. The van der Waals surface area contributed by atoms with E-state index in [1.807, 2.05) is 12.1 Å². The summed E-state index contributed by atoms with van der Waals surface area (Å²) in [5.41, 5.74) is 7.29. The van der Waals surface area contributed by atoms with E-state index in [2.05, 4.69) is 22.1 Å². The zero-order valence-corrected chi connectivity index (χ0v) is 11.5. The van der Waals surface area contributed by atoms with E-state index in [0.29, 0.717) is 10.7 Å². The minimum atomic E-state index is 0.344. The molecule has 0 radical (unpaired) electrons. The smallest absolute Gasteiger partial charge is 0.122 e. The van der Waals surface area contributed by atoms with E-state index in [-0.39, 0.29) is 0 Å². The lowest BCUT2D eigenvalue weighted by molar-refractivity contribution is 0.345. The van der Waals surface area contributed by atoms with Crippen LogP contribution in [0.4, 0.5) is 5.69 Å². The fraction of sp³-hybridized carbons (Fsp3) is 0.538. The maximum Gasteiger partial charge on any atom is 0.122 e. The van der Waals surface area contributed by atoms with Crippen molar-refractivity contribution in [3.63, 3.8) is 0 Å². The number of pyridine rings is 1. The Hall–Kier alpha value is -1.20. The second kappa shape index (κ2) is 6.11. The second-order valence-electron chi connectivity index (χ2n) is 4.72. The van der Waals surface area contributed by atoms with Gasteiger partial charge in [0, 0.05) is 25.0 Å². The summed E-state index contributed by atoms with van der Waals surface area (Å²) in [7, 11) is 0. The molecule has 18 heavy (non-hydrogen) atoms. The molecule has 0 aromatic carbocycles. The highest BCUT2D eigenvalue weighted by Crippen LogP contribution is 2.17. The van der Waals surface area contributed by atoms with Crippen LogP contribution in [0.5, 0.6) is 0 Å². The summed E-state index contributed by atoms with van der Waals surface area (Å²) in [5, 5.41) is 3.44. The van der Waals surface area contributed by atoms with Crippen molar-refractivity contribution in [2.24, 2.45) is 11.7 Å². The molecular formula is C13H20N4S. The Morgan fingerprint density at radius 2 is 2.50 bits per heavy atom. The van der Waals surface area contributed by atoms with Crippen LogP contribution < -0.4 is 11.1 Å². The molecule has 0 aliphatic carbocycles. The Labute approximate surface area is 114 Å². The van der Waals surface area contributed by atoms with Crippen LogP contribution >= 0.6 is 12.2 Å². The van der Waals surface area contributed by atoms with Gasteiger partial charge in [0.2, 0.25) is 0 Å². The lowest BCUT2D eigenvalue weighted by Crippen LogP contribution is -2.22. The molecule has 1 atom stereocenters. The van der Waals surface area contributed by atoms with Crippen molar-refractivity contribution in [2.75, 3.05) is 31.5 Å². The number of nitrogens with one attached hydrogen (secondary N) is 1. The molecule has 1 aliphatic heterocycles. The Balaban J connectivity index is 1.87. The van der Waals surface area contributed by atoms with Crippen LogP contribution in [0.25, 0.3) is 0 Å². The Bertz CT molecular complexity index is 421. The number of thiocarbonyl (C=S) groups is 1. The van der Waals surface area contributed by atoms with Gasteiger partial charge in [-0.25, -0.2) is 0 Å². The normalized spacial score (nSPS) is 19.9. The molecule has 5 heteroatoms. The molecule has 0 saturated carbocycles. The third kappa shape index (κ3) is 3.40. The number of hydrogen-bond acceptors (Lipinski definition) is 4. The van der Waals surface area contributed by atoms with Crippen LogP contribution in [0.1, 0.15) is 19.0 Å². The van der Waals surface area contributed by atoms with E-state index in [4.69, 9.17) is 18.0 Å². The zero-order valence-electron chi connectivity index (χ0n) is 10.7. The molecule has 1 aliphatic rings. The summed E-state index contributed by atoms with van der Waals surface area (Å²) in [4.78, 5) is 6.96. The van der Waals surface area contributed by atoms with Crippen LogP contribution in [0.15, 0.2) is 18.3 Å². The van der Waals surface area contributed by atoms with Crippen LogP contribution in [-0.4, -0.2) is 41.1 Å². The van der Waals surface area contributed by atoms with Gasteiger partial charge < -0.3 is 16.0 Å². The van der Waals surface area contributed by atoms with Gasteiger partial charge >= 0.3 is 0 Å². The molecule has 1 aromatic heterocycles. The first-order valence-electron chi connectivity index (χ1n) is 6.41. The number of likely N-dealkylation sites (tertiary alicyclic amines) is 1. The van der Waals surface area contributed by atoms with E-state index < -0.39 is 0 Å².